The Morgan fingerprint density at radius 2 is 2.05 bits per heavy atom. The molecule has 3 heteroatoms. The number of hydrogen-bond acceptors (Lipinski definition) is 2. The highest BCUT2D eigenvalue weighted by molar-refractivity contribution is 5.66. The first kappa shape index (κ1) is 16.0. The van der Waals surface area contributed by atoms with Crippen molar-refractivity contribution in [1.82, 2.24) is 4.90 Å². The molecule has 2 rings (SSSR count). The fraction of sp³-hybridized carbons (Fsp3) is 0.611. The van der Waals surface area contributed by atoms with E-state index in [0.29, 0.717) is 24.3 Å². The van der Waals surface area contributed by atoms with Gasteiger partial charge in [-0.2, -0.15) is 0 Å². The molecule has 1 N–H and O–H groups in total. The van der Waals surface area contributed by atoms with Crippen molar-refractivity contribution >= 4 is 5.97 Å². The molecule has 1 aromatic carbocycles. The van der Waals surface area contributed by atoms with Gasteiger partial charge in [0.05, 0.1) is 0 Å². The third kappa shape index (κ3) is 4.57. The molecule has 1 saturated heterocycles. The van der Waals surface area contributed by atoms with Gasteiger partial charge in [-0.1, -0.05) is 44.2 Å². The van der Waals surface area contributed by atoms with Crippen molar-refractivity contribution in [2.24, 2.45) is 11.8 Å². The Morgan fingerprint density at radius 3 is 2.67 bits per heavy atom. The molecule has 2 unspecified atom stereocenters. The topological polar surface area (TPSA) is 40.5 Å². The van der Waals surface area contributed by atoms with Crippen LogP contribution in [0.15, 0.2) is 30.3 Å². The van der Waals surface area contributed by atoms with Crippen molar-refractivity contribution in [1.29, 1.82) is 0 Å². The average Bonchev–Trinajstić information content (AvgIpc) is 2.46. The van der Waals surface area contributed by atoms with E-state index in [0.717, 1.165) is 19.5 Å². The molecular formula is C18H27NO2. The van der Waals surface area contributed by atoms with Crippen LogP contribution in [-0.2, 0) is 4.79 Å². The molecule has 21 heavy (non-hydrogen) atoms. The summed E-state index contributed by atoms with van der Waals surface area (Å²) in [5, 5.41) is 8.87. The van der Waals surface area contributed by atoms with Crippen molar-refractivity contribution in [3.05, 3.63) is 35.9 Å². The van der Waals surface area contributed by atoms with Gasteiger partial charge in [-0.05, 0) is 43.2 Å². The predicted molar refractivity (Wildman–Crippen MR) is 85.2 cm³/mol. The van der Waals surface area contributed by atoms with Gasteiger partial charge < -0.3 is 5.11 Å². The molecule has 1 aliphatic heterocycles. The fourth-order valence-corrected chi connectivity index (χ4v) is 3.58. The van der Waals surface area contributed by atoms with Gasteiger partial charge in [-0.15, -0.1) is 0 Å². The van der Waals surface area contributed by atoms with Crippen LogP contribution in [0, 0.1) is 11.8 Å². The maximum atomic E-state index is 10.8. The normalized spacial score (nSPS) is 21.4. The summed E-state index contributed by atoms with van der Waals surface area (Å²) in [4.78, 5) is 13.3. The highest BCUT2D eigenvalue weighted by atomic mass is 16.4. The van der Waals surface area contributed by atoms with E-state index in [2.05, 4.69) is 49.1 Å². The monoisotopic (exact) mass is 289 g/mol. The minimum atomic E-state index is -0.671. The van der Waals surface area contributed by atoms with Crippen LogP contribution in [0.1, 0.15) is 51.1 Å². The zero-order chi connectivity index (χ0) is 15.2. The summed E-state index contributed by atoms with van der Waals surface area (Å²) in [5.74, 6) is 0.418. The first-order chi connectivity index (χ1) is 10.1. The van der Waals surface area contributed by atoms with E-state index in [1.54, 1.807) is 0 Å². The molecule has 1 aliphatic rings. The minimum absolute atomic E-state index is 0.302. The van der Waals surface area contributed by atoms with Gasteiger partial charge in [-0.3, -0.25) is 9.69 Å². The van der Waals surface area contributed by atoms with Gasteiger partial charge >= 0.3 is 5.97 Å². The number of carboxylic acid groups (broad SMARTS) is 1. The van der Waals surface area contributed by atoms with E-state index >= 15 is 0 Å². The lowest BCUT2D eigenvalue weighted by Gasteiger charge is -2.40. The van der Waals surface area contributed by atoms with Gasteiger partial charge in [0.25, 0.3) is 0 Å². The highest BCUT2D eigenvalue weighted by Crippen LogP contribution is 2.33. The number of likely N-dealkylation sites (tertiary alicyclic amines) is 1. The van der Waals surface area contributed by atoms with Crippen LogP contribution >= 0.6 is 0 Å². The van der Waals surface area contributed by atoms with Crippen LogP contribution in [0.4, 0.5) is 0 Å². The number of piperidine rings is 1. The van der Waals surface area contributed by atoms with E-state index in [-0.39, 0.29) is 0 Å². The van der Waals surface area contributed by atoms with Crippen LogP contribution in [0.25, 0.3) is 0 Å². The Balaban J connectivity index is 2.05. The molecule has 0 aromatic heterocycles. The van der Waals surface area contributed by atoms with Gasteiger partial charge in [0.15, 0.2) is 0 Å². The first-order valence-electron chi connectivity index (χ1n) is 8.08. The standard InChI is InChI=1S/C18H27NO2/c1-14(2)18(16-8-4-3-5-9-16)19-12-6-7-15(13-19)10-11-17(20)21/h3-5,8-9,14-15,18H,6-7,10-13H2,1-2H3,(H,20,21). The van der Waals surface area contributed by atoms with E-state index < -0.39 is 5.97 Å². The molecule has 1 fully saturated rings. The van der Waals surface area contributed by atoms with E-state index in [1.165, 1.54) is 18.4 Å². The number of carboxylic acids is 1. The zero-order valence-electron chi connectivity index (χ0n) is 13.2. The van der Waals surface area contributed by atoms with Crippen LogP contribution in [-0.4, -0.2) is 29.1 Å². The Bertz CT molecular complexity index is 444. The molecule has 0 bridgehead atoms. The molecule has 0 spiro atoms. The van der Waals surface area contributed by atoms with E-state index in [1.807, 2.05) is 0 Å². The van der Waals surface area contributed by atoms with Gasteiger partial charge in [0, 0.05) is 19.0 Å². The predicted octanol–water partition coefficient (Wildman–Crippen LogP) is 3.96. The van der Waals surface area contributed by atoms with Crippen molar-refractivity contribution in [3.63, 3.8) is 0 Å². The molecule has 0 saturated carbocycles. The van der Waals surface area contributed by atoms with Crippen molar-refractivity contribution in [2.75, 3.05) is 13.1 Å². The average molecular weight is 289 g/mol. The Hall–Kier alpha value is -1.35. The summed E-state index contributed by atoms with van der Waals surface area (Å²) >= 11 is 0. The number of rotatable bonds is 6. The van der Waals surface area contributed by atoms with Gasteiger partial charge in [0.1, 0.15) is 0 Å². The lowest BCUT2D eigenvalue weighted by Crippen LogP contribution is -2.40. The lowest BCUT2D eigenvalue weighted by atomic mass is 9.88. The third-order valence-corrected chi connectivity index (χ3v) is 4.48. The third-order valence-electron chi connectivity index (χ3n) is 4.48. The molecule has 3 nitrogen and oxygen atoms in total. The second kappa shape index (κ2) is 7.60. The number of aliphatic carboxylic acids is 1. The smallest absolute Gasteiger partial charge is 0.303 e. The molecular weight excluding hydrogens is 262 g/mol. The number of benzene rings is 1. The maximum absolute atomic E-state index is 10.8. The zero-order valence-corrected chi connectivity index (χ0v) is 13.2. The second-order valence-electron chi connectivity index (χ2n) is 6.54. The van der Waals surface area contributed by atoms with Crippen LogP contribution in [0.5, 0.6) is 0 Å². The fourth-order valence-electron chi connectivity index (χ4n) is 3.58. The Labute approximate surface area is 128 Å². The molecule has 1 heterocycles. The Kier molecular flexibility index (Phi) is 5.80. The number of nitrogens with zero attached hydrogens (tertiary/aromatic N) is 1. The van der Waals surface area contributed by atoms with Gasteiger partial charge in [0.2, 0.25) is 0 Å². The maximum Gasteiger partial charge on any atom is 0.303 e. The van der Waals surface area contributed by atoms with Crippen LogP contribution in [0.3, 0.4) is 0 Å². The van der Waals surface area contributed by atoms with E-state index in [4.69, 9.17) is 5.11 Å². The number of hydrogen-bond donors (Lipinski definition) is 1. The summed E-state index contributed by atoms with van der Waals surface area (Å²) in [6.07, 6.45) is 3.46. The number of carbonyl (C=O) groups is 1. The van der Waals surface area contributed by atoms with Crippen molar-refractivity contribution in [3.8, 4) is 0 Å². The van der Waals surface area contributed by atoms with Gasteiger partial charge in [-0.25, -0.2) is 0 Å². The summed E-state index contributed by atoms with van der Waals surface area (Å²) in [7, 11) is 0. The lowest BCUT2D eigenvalue weighted by molar-refractivity contribution is -0.137. The summed E-state index contributed by atoms with van der Waals surface area (Å²) < 4.78 is 0. The quantitative estimate of drug-likeness (QED) is 0.861. The molecule has 2 atom stereocenters. The molecule has 116 valence electrons. The largest absolute Gasteiger partial charge is 0.481 e. The summed E-state index contributed by atoms with van der Waals surface area (Å²) in [6, 6.07) is 11.1. The van der Waals surface area contributed by atoms with Crippen LogP contribution in [0.2, 0.25) is 0 Å². The molecule has 0 radical (unpaired) electrons. The molecule has 1 aromatic rings. The van der Waals surface area contributed by atoms with Crippen molar-refractivity contribution in [2.45, 2.75) is 45.6 Å². The summed E-state index contributed by atoms with van der Waals surface area (Å²) in [5.41, 5.74) is 1.38. The van der Waals surface area contributed by atoms with Crippen molar-refractivity contribution < 1.29 is 9.90 Å². The summed E-state index contributed by atoms with van der Waals surface area (Å²) in [6.45, 7) is 6.71. The van der Waals surface area contributed by atoms with Crippen LogP contribution < -0.4 is 0 Å². The van der Waals surface area contributed by atoms with E-state index in [9.17, 15) is 4.79 Å². The molecule has 0 aliphatic carbocycles. The highest BCUT2D eigenvalue weighted by Gasteiger charge is 2.28. The molecule has 0 amide bonds. The second-order valence-corrected chi connectivity index (χ2v) is 6.54. The SMILES string of the molecule is CC(C)C(c1ccccc1)N1CCCC(CCC(=O)O)C1. The Morgan fingerprint density at radius 1 is 1.33 bits per heavy atom. The first-order valence-corrected chi connectivity index (χ1v) is 8.08. The minimum Gasteiger partial charge on any atom is -0.481 e.